The molecule has 0 aliphatic rings. The van der Waals surface area contributed by atoms with E-state index in [1.165, 1.54) is 6.07 Å². The highest BCUT2D eigenvalue weighted by molar-refractivity contribution is 5.22. The van der Waals surface area contributed by atoms with Crippen molar-refractivity contribution in [1.29, 1.82) is 0 Å². The van der Waals surface area contributed by atoms with Crippen LogP contribution in [0.2, 0.25) is 0 Å². The zero-order valence-electron chi connectivity index (χ0n) is 13.2. The van der Waals surface area contributed by atoms with Gasteiger partial charge in [0.15, 0.2) is 11.6 Å². The third kappa shape index (κ3) is 6.50. The van der Waals surface area contributed by atoms with Crippen LogP contribution in [0.1, 0.15) is 39.3 Å². The molecule has 5 heteroatoms. The van der Waals surface area contributed by atoms with E-state index in [9.17, 15) is 8.78 Å². The molecule has 1 unspecified atom stereocenters. The first-order chi connectivity index (χ1) is 9.85. The fourth-order valence-electron chi connectivity index (χ4n) is 1.90. The van der Waals surface area contributed by atoms with Gasteiger partial charge in [-0.2, -0.15) is 0 Å². The fraction of sp³-hybridized carbons (Fsp3) is 0.625. The Morgan fingerprint density at radius 1 is 1.19 bits per heavy atom. The topological polar surface area (TPSA) is 30.5 Å². The summed E-state index contributed by atoms with van der Waals surface area (Å²) in [6.45, 7) is 9.60. The van der Waals surface area contributed by atoms with Crippen LogP contribution in [0.25, 0.3) is 0 Å². The number of ether oxygens (including phenoxy) is 2. The molecule has 0 aromatic heterocycles. The van der Waals surface area contributed by atoms with Crippen LogP contribution in [0.5, 0.6) is 0 Å². The molecule has 0 radical (unpaired) electrons. The van der Waals surface area contributed by atoms with E-state index in [1.54, 1.807) is 6.07 Å². The van der Waals surface area contributed by atoms with Crippen molar-refractivity contribution in [3.05, 3.63) is 35.4 Å². The summed E-state index contributed by atoms with van der Waals surface area (Å²) >= 11 is 0. The number of hydrogen-bond donors (Lipinski definition) is 1. The molecule has 0 amide bonds. The lowest BCUT2D eigenvalue weighted by Gasteiger charge is -2.21. The van der Waals surface area contributed by atoms with Gasteiger partial charge in [-0.15, -0.1) is 0 Å². The minimum Gasteiger partial charge on any atom is -0.377 e. The number of benzene rings is 1. The summed E-state index contributed by atoms with van der Waals surface area (Å²) in [6, 6.07) is 3.81. The third-order valence-corrected chi connectivity index (χ3v) is 2.85. The first kappa shape index (κ1) is 18.0. The summed E-state index contributed by atoms with van der Waals surface area (Å²) in [7, 11) is 0. The second kappa shape index (κ2) is 8.41. The maximum atomic E-state index is 13.8. The maximum absolute atomic E-state index is 13.8. The van der Waals surface area contributed by atoms with Crippen LogP contribution in [0.4, 0.5) is 8.78 Å². The Balaban J connectivity index is 2.52. The molecule has 1 aromatic rings. The van der Waals surface area contributed by atoms with E-state index in [0.29, 0.717) is 19.8 Å². The molecule has 1 aromatic carbocycles. The van der Waals surface area contributed by atoms with Crippen LogP contribution in [0, 0.1) is 11.6 Å². The monoisotopic (exact) mass is 301 g/mol. The van der Waals surface area contributed by atoms with Crippen molar-refractivity contribution in [1.82, 2.24) is 5.32 Å². The van der Waals surface area contributed by atoms with E-state index in [4.69, 9.17) is 9.47 Å². The molecule has 3 nitrogen and oxygen atoms in total. The smallest absolute Gasteiger partial charge is 0.163 e. The van der Waals surface area contributed by atoms with Gasteiger partial charge in [-0.1, -0.05) is 19.1 Å². The molecule has 0 fully saturated rings. The summed E-state index contributed by atoms with van der Waals surface area (Å²) in [5.74, 6) is -1.66. The van der Waals surface area contributed by atoms with E-state index >= 15 is 0 Å². The van der Waals surface area contributed by atoms with Crippen molar-refractivity contribution in [2.45, 2.75) is 39.3 Å². The second-order valence-electron chi connectivity index (χ2n) is 5.79. The van der Waals surface area contributed by atoms with Crippen LogP contribution in [0.3, 0.4) is 0 Å². The van der Waals surface area contributed by atoms with Crippen molar-refractivity contribution in [3.63, 3.8) is 0 Å². The lowest BCUT2D eigenvalue weighted by molar-refractivity contribution is -0.0374. The highest BCUT2D eigenvalue weighted by Crippen LogP contribution is 2.19. The number of likely N-dealkylation sites (N-methyl/N-ethyl adjacent to an activating group) is 1. The molecule has 0 aliphatic carbocycles. The number of hydrogen-bond acceptors (Lipinski definition) is 3. The van der Waals surface area contributed by atoms with Crippen molar-refractivity contribution in [2.75, 3.05) is 26.4 Å². The van der Waals surface area contributed by atoms with Crippen molar-refractivity contribution >= 4 is 0 Å². The largest absolute Gasteiger partial charge is 0.377 e. The predicted octanol–water partition coefficient (Wildman–Crippen LogP) is 3.45. The number of nitrogens with one attached hydrogen (secondary N) is 1. The van der Waals surface area contributed by atoms with E-state index in [0.717, 1.165) is 6.07 Å². The molecular weight excluding hydrogens is 276 g/mol. The van der Waals surface area contributed by atoms with Crippen molar-refractivity contribution < 1.29 is 18.3 Å². The van der Waals surface area contributed by atoms with E-state index in [2.05, 4.69) is 5.32 Å². The Morgan fingerprint density at radius 3 is 2.52 bits per heavy atom. The number of rotatable bonds is 8. The molecule has 0 saturated carbocycles. The van der Waals surface area contributed by atoms with Crippen molar-refractivity contribution in [2.24, 2.45) is 0 Å². The minimum absolute atomic E-state index is 0.209. The Hall–Kier alpha value is -1.04. The third-order valence-electron chi connectivity index (χ3n) is 2.85. The molecule has 1 rings (SSSR count). The van der Waals surface area contributed by atoms with Crippen LogP contribution in [-0.2, 0) is 9.47 Å². The molecule has 1 atom stereocenters. The van der Waals surface area contributed by atoms with Crippen LogP contribution >= 0.6 is 0 Å². The van der Waals surface area contributed by atoms with Gasteiger partial charge in [-0.3, -0.25) is 0 Å². The van der Waals surface area contributed by atoms with Crippen molar-refractivity contribution in [3.8, 4) is 0 Å². The van der Waals surface area contributed by atoms with Gasteiger partial charge in [-0.25, -0.2) is 8.78 Å². The zero-order chi connectivity index (χ0) is 15.9. The Bertz CT molecular complexity index is 433. The molecule has 0 spiro atoms. The van der Waals surface area contributed by atoms with E-state index < -0.39 is 11.6 Å². The first-order valence-electron chi connectivity index (χ1n) is 7.24. The Kier molecular flexibility index (Phi) is 7.22. The normalized spacial score (nSPS) is 13.4. The van der Waals surface area contributed by atoms with E-state index in [1.807, 2.05) is 27.7 Å². The minimum atomic E-state index is -0.841. The van der Waals surface area contributed by atoms with Gasteiger partial charge in [0, 0.05) is 5.56 Å². The molecular formula is C16H25F2NO2. The standard InChI is InChI=1S/C16H25F2NO2/c1-5-19-14(11-20-9-10-21-16(2,3)4)12-7-6-8-13(17)15(12)18/h6-8,14,19H,5,9-11H2,1-4H3. The lowest BCUT2D eigenvalue weighted by atomic mass is 10.1. The summed E-state index contributed by atoms with van der Waals surface area (Å²) < 4.78 is 38.2. The van der Waals surface area contributed by atoms with Gasteiger partial charge < -0.3 is 14.8 Å². The molecule has 0 saturated heterocycles. The molecule has 0 bridgehead atoms. The Morgan fingerprint density at radius 2 is 1.90 bits per heavy atom. The average molecular weight is 301 g/mol. The summed E-state index contributed by atoms with van der Waals surface area (Å²) in [5.41, 5.74) is 0.0765. The Labute approximate surface area is 125 Å². The summed E-state index contributed by atoms with van der Waals surface area (Å²) in [6.07, 6.45) is 0. The first-order valence-corrected chi connectivity index (χ1v) is 7.24. The molecule has 0 heterocycles. The SMILES string of the molecule is CCNC(COCCOC(C)(C)C)c1cccc(F)c1F. The molecule has 1 N–H and O–H groups in total. The number of halogens is 2. The maximum Gasteiger partial charge on any atom is 0.163 e. The van der Waals surface area contributed by atoms with Crippen LogP contribution in [-0.4, -0.2) is 32.0 Å². The van der Waals surface area contributed by atoms with Gasteiger partial charge in [-0.05, 0) is 33.4 Å². The molecule has 21 heavy (non-hydrogen) atoms. The summed E-state index contributed by atoms with van der Waals surface area (Å²) in [5, 5.41) is 3.10. The van der Waals surface area contributed by atoms with Gasteiger partial charge >= 0.3 is 0 Å². The van der Waals surface area contributed by atoms with E-state index in [-0.39, 0.29) is 23.8 Å². The van der Waals surface area contributed by atoms with Gasteiger partial charge in [0.2, 0.25) is 0 Å². The highest BCUT2D eigenvalue weighted by Gasteiger charge is 2.17. The molecule has 120 valence electrons. The molecule has 0 aliphatic heterocycles. The average Bonchev–Trinajstić information content (AvgIpc) is 2.39. The zero-order valence-corrected chi connectivity index (χ0v) is 13.2. The predicted molar refractivity (Wildman–Crippen MR) is 79.3 cm³/mol. The van der Waals surface area contributed by atoms with Crippen LogP contribution in [0.15, 0.2) is 18.2 Å². The lowest BCUT2D eigenvalue weighted by Crippen LogP contribution is -2.28. The second-order valence-corrected chi connectivity index (χ2v) is 5.79. The fourth-order valence-corrected chi connectivity index (χ4v) is 1.90. The quantitative estimate of drug-likeness (QED) is 0.746. The highest BCUT2D eigenvalue weighted by atomic mass is 19.2. The van der Waals surface area contributed by atoms with Gasteiger partial charge in [0.1, 0.15) is 0 Å². The summed E-state index contributed by atoms with van der Waals surface area (Å²) in [4.78, 5) is 0. The van der Waals surface area contributed by atoms with Gasteiger partial charge in [0.25, 0.3) is 0 Å². The van der Waals surface area contributed by atoms with Gasteiger partial charge in [0.05, 0.1) is 31.5 Å². The van der Waals surface area contributed by atoms with Crippen LogP contribution < -0.4 is 5.32 Å².